The highest BCUT2D eigenvalue weighted by Gasteiger charge is 2.36. The van der Waals surface area contributed by atoms with E-state index in [-0.39, 0.29) is 34.5 Å². The maximum Gasteiger partial charge on any atom is 0.252 e. The molecule has 0 aromatic heterocycles. The van der Waals surface area contributed by atoms with Gasteiger partial charge in [-0.3, -0.25) is 9.59 Å². The fourth-order valence-electron chi connectivity index (χ4n) is 3.39. The Balaban J connectivity index is 1.74. The summed E-state index contributed by atoms with van der Waals surface area (Å²) in [5, 5.41) is 2.93. The average molecular weight is 466 g/mol. The van der Waals surface area contributed by atoms with Crippen molar-refractivity contribution >= 4 is 39.1 Å². The molecule has 3 rings (SSSR count). The lowest BCUT2D eigenvalue weighted by atomic mass is 10.1. The van der Waals surface area contributed by atoms with Crippen LogP contribution in [0.3, 0.4) is 0 Å². The molecule has 0 spiro atoms. The molecule has 0 bridgehead atoms. The molecule has 1 fully saturated rings. The van der Waals surface area contributed by atoms with Crippen LogP contribution in [0.25, 0.3) is 0 Å². The maximum absolute atomic E-state index is 12.7. The SMILES string of the molecule is COc1ccc(C(CNC(=O)c2ccc(N3C(=O)CCS3(=O)=O)cc2Cl)N(C)C)cc1. The third-order valence-corrected chi connectivity index (χ3v) is 7.09. The lowest BCUT2D eigenvalue weighted by Gasteiger charge is -2.25. The molecule has 1 N–H and O–H groups in total. The molecule has 31 heavy (non-hydrogen) atoms. The Bertz CT molecular complexity index is 1090. The monoisotopic (exact) mass is 465 g/mol. The number of carbonyl (C=O) groups excluding carboxylic acids is 2. The lowest BCUT2D eigenvalue weighted by molar-refractivity contribution is -0.116. The molecule has 1 atom stereocenters. The number of anilines is 1. The number of hydrogen-bond donors (Lipinski definition) is 1. The zero-order valence-electron chi connectivity index (χ0n) is 17.5. The molecule has 2 amide bonds. The second-order valence-corrected chi connectivity index (χ2v) is 9.70. The molecule has 1 unspecified atom stereocenters. The lowest BCUT2D eigenvalue weighted by Crippen LogP contribution is -2.34. The van der Waals surface area contributed by atoms with Crippen LogP contribution in [0.2, 0.25) is 5.02 Å². The average Bonchev–Trinajstić information content (AvgIpc) is 3.00. The largest absolute Gasteiger partial charge is 0.497 e. The Morgan fingerprint density at radius 1 is 1.23 bits per heavy atom. The van der Waals surface area contributed by atoms with E-state index >= 15 is 0 Å². The van der Waals surface area contributed by atoms with Crippen molar-refractivity contribution < 1.29 is 22.7 Å². The molecule has 1 aliphatic heterocycles. The van der Waals surface area contributed by atoms with Gasteiger partial charge in [0.1, 0.15) is 5.75 Å². The van der Waals surface area contributed by atoms with Crippen molar-refractivity contribution in [1.29, 1.82) is 0 Å². The van der Waals surface area contributed by atoms with E-state index in [1.165, 1.54) is 18.2 Å². The van der Waals surface area contributed by atoms with Crippen molar-refractivity contribution in [3.63, 3.8) is 0 Å². The number of sulfonamides is 1. The van der Waals surface area contributed by atoms with Crippen molar-refractivity contribution in [2.75, 3.05) is 37.8 Å². The molecule has 10 heteroatoms. The number of rotatable bonds is 7. The smallest absolute Gasteiger partial charge is 0.252 e. The summed E-state index contributed by atoms with van der Waals surface area (Å²) in [6, 6.07) is 11.7. The highest BCUT2D eigenvalue weighted by molar-refractivity contribution is 7.94. The second kappa shape index (κ2) is 9.25. The third kappa shape index (κ3) is 5.00. The summed E-state index contributed by atoms with van der Waals surface area (Å²) in [5.74, 6) is -0.395. The number of hydrogen-bond acceptors (Lipinski definition) is 6. The standard InChI is InChI=1S/C21H24ClN3O5S/c1-24(2)19(14-4-7-16(30-3)8-5-14)13-23-21(27)17-9-6-15(12-18(17)22)25-20(26)10-11-31(25,28)29/h4-9,12,19H,10-11,13H2,1-3H3,(H,23,27). The number of amides is 2. The Labute approximate surface area is 186 Å². The van der Waals surface area contributed by atoms with E-state index in [1.807, 2.05) is 43.3 Å². The van der Waals surface area contributed by atoms with Gasteiger partial charge in [-0.2, -0.15) is 0 Å². The summed E-state index contributed by atoms with van der Waals surface area (Å²) in [6.45, 7) is 0.329. The van der Waals surface area contributed by atoms with Gasteiger partial charge in [0.15, 0.2) is 0 Å². The number of ether oxygens (including phenoxy) is 1. The minimum atomic E-state index is -3.70. The van der Waals surface area contributed by atoms with Crippen LogP contribution < -0.4 is 14.4 Å². The minimum Gasteiger partial charge on any atom is -0.497 e. The van der Waals surface area contributed by atoms with Crippen LogP contribution in [0, 0.1) is 0 Å². The first-order chi connectivity index (χ1) is 14.6. The maximum atomic E-state index is 12.7. The molecule has 2 aromatic carbocycles. The highest BCUT2D eigenvalue weighted by Crippen LogP contribution is 2.29. The van der Waals surface area contributed by atoms with E-state index in [1.54, 1.807) is 7.11 Å². The molecule has 1 aliphatic rings. The van der Waals surface area contributed by atoms with Crippen molar-refractivity contribution in [2.24, 2.45) is 0 Å². The number of benzene rings is 2. The number of nitrogens with one attached hydrogen (secondary N) is 1. The Morgan fingerprint density at radius 2 is 1.90 bits per heavy atom. The molecule has 0 saturated carbocycles. The first-order valence-corrected chi connectivity index (χ1v) is 11.6. The third-order valence-electron chi connectivity index (χ3n) is 5.09. The van der Waals surface area contributed by atoms with E-state index < -0.39 is 21.8 Å². The minimum absolute atomic E-state index is 0.0655. The van der Waals surface area contributed by atoms with E-state index in [0.29, 0.717) is 6.54 Å². The number of likely N-dealkylation sites (N-methyl/N-ethyl adjacent to an activating group) is 1. The first-order valence-electron chi connectivity index (χ1n) is 9.58. The second-order valence-electron chi connectivity index (χ2n) is 7.35. The molecule has 166 valence electrons. The van der Waals surface area contributed by atoms with Gasteiger partial charge in [-0.1, -0.05) is 23.7 Å². The fourth-order valence-corrected chi connectivity index (χ4v) is 5.10. The van der Waals surface area contributed by atoms with Crippen molar-refractivity contribution in [2.45, 2.75) is 12.5 Å². The predicted molar refractivity (Wildman–Crippen MR) is 119 cm³/mol. The Hall–Kier alpha value is -2.62. The molecule has 0 aliphatic carbocycles. The van der Waals surface area contributed by atoms with Crippen molar-refractivity contribution in [3.05, 3.63) is 58.6 Å². The number of carbonyl (C=O) groups is 2. The summed E-state index contributed by atoms with van der Waals surface area (Å²) < 4.78 is 30.1. The van der Waals surface area contributed by atoms with Crippen LogP contribution >= 0.6 is 11.6 Å². The van der Waals surface area contributed by atoms with Gasteiger partial charge >= 0.3 is 0 Å². The van der Waals surface area contributed by atoms with Crippen LogP contribution in [0.15, 0.2) is 42.5 Å². The fraction of sp³-hybridized carbons (Fsp3) is 0.333. The number of nitrogens with zero attached hydrogens (tertiary/aromatic N) is 2. The van der Waals surface area contributed by atoms with Crippen molar-refractivity contribution in [1.82, 2.24) is 10.2 Å². The van der Waals surface area contributed by atoms with Crippen LogP contribution in [0.4, 0.5) is 5.69 Å². The van der Waals surface area contributed by atoms with Gasteiger partial charge in [-0.15, -0.1) is 0 Å². The van der Waals surface area contributed by atoms with Gasteiger partial charge < -0.3 is 15.0 Å². The summed E-state index contributed by atoms with van der Waals surface area (Å²) in [7, 11) is 1.73. The quantitative estimate of drug-likeness (QED) is 0.674. The van der Waals surface area contributed by atoms with E-state index in [4.69, 9.17) is 16.3 Å². The zero-order chi connectivity index (χ0) is 22.8. The van der Waals surface area contributed by atoms with E-state index in [2.05, 4.69) is 5.32 Å². The molecular weight excluding hydrogens is 442 g/mol. The molecule has 0 radical (unpaired) electrons. The highest BCUT2D eigenvalue weighted by atomic mass is 35.5. The topological polar surface area (TPSA) is 96.0 Å². The normalized spacial score (nSPS) is 16.4. The Kier molecular flexibility index (Phi) is 6.88. The van der Waals surface area contributed by atoms with Crippen LogP contribution in [-0.4, -0.2) is 58.6 Å². The number of halogens is 1. The molecule has 8 nitrogen and oxygen atoms in total. The van der Waals surface area contributed by atoms with Crippen LogP contribution in [-0.2, 0) is 14.8 Å². The van der Waals surface area contributed by atoms with Crippen LogP contribution in [0.5, 0.6) is 5.75 Å². The summed E-state index contributed by atoms with van der Waals surface area (Å²) in [4.78, 5) is 26.6. The molecule has 2 aromatic rings. The van der Waals surface area contributed by atoms with Gasteiger partial charge in [0.05, 0.1) is 35.2 Å². The van der Waals surface area contributed by atoms with Gasteiger partial charge in [-0.25, -0.2) is 12.7 Å². The molecule has 1 heterocycles. The van der Waals surface area contributed by atoms with Gasteiger partial charge in [0.25, 0.3) is 5.91 Å². The molecular formula is C21H24ClN3O5S. The van der Waals surface area contributed by atoms with Gasteiger partial charge in [0.2, 0.25) is 15.9 Å². The van der Waals surface area contributed by atoms with Crippen LogP contribution in [0.1, 0.15) is 28.4 Å². The van der Waals surface area contributed by atoms with Gasteiger partial charge in [-0.05, 0) is 50.0 Å². The summed E-state index contributed by atoms with van der Waals surface area (Å²) >= 11 is 6.25. The van der Waals surface area contributed by atoms with E-state index in [9.17, 15) is 18.0 Å². The van der Waals surface area contributed by atoms with E-state index in [0.717, 1.165) is 15.6 Å². The zero-order valence-corrected chi connectivity index (χ0v) is 19.0. The van der Waals surface area contributed by atoms with Crippen molar-refractivity contribution in [3.8, 4) is 5.75 Å². The van der Waals surface area contributed by atoms with Gasteiger partial charge in [0, 0.05) is 13.0 Å². The Morgan fingerprint density at radius 3 is 2.42 bits per heavy atom. The predicted octanol–water partition coefficient (Wildman–Crippen LogP) is 2.45. The number of methoxy groups -OCH3 is 1. The summed E-state index contributed by atoms with van der Waals surface area (Å²) in [5.41, 5.74) is 1.33. The molecule has 1 saturated heterocycles. The summed E-state index contributed by atoms with van der Waals surface area (Å²) in [6.07, 6.45) is -0.0700. The first kappa shape index (κ1) is 23.1.